The average Bonchev–Trinajstić information content (AvgIpc) is 2.97. The molecule has 0 bridgehead atoms. The van der Waals surface area contributed by atoms with Crippen LogP contribution in [0.1, 0.15) is 58.9 Å². The van der Waals surface area contributed by atoms with Crippen molar-refractivity contribution in [3.63, 3.8) is 0 Å². The molecule has 0 aliphatic heterocycles. The van der Waals surface area contributed by atoms with Crippen molar-refractivity contribution in [3.8, 4) is 0 Å². The zero-order valence-corrected chi connectivity index (χ0v) is 17.4. The fourth-order valence-corrected chi connectivity index (χ4v) is 4.27. The van der Waals surface area contributed by atoms with Gasteiger partial charge in [0.2, 0.25) is 0 Å². The lowest BCUT2D eigenvalue weighted by Gasteiger charge is -2.36. The molecule has 152 valence electrons. The number of halogens is 1. The molecule has 1 aromatic rings. The van der Waals surface area contributed by atoms with Gasteiger partial charge in [0.25, 0.3) is 0 Å². The van der Waals surface area contributed by atoms with E-state index in [4.69, 9.17) is 4.74 Å². The molecule has 0 aromatic heterocycles. The molecule has 0 heterocycles. The van der Waals surface area contributed by atoms with E-state index in [-0.39, 0.29) is 48.2 Å². The number of carbonyl (C=O) groups is 1. The molecule has 1 aromatic carbocycles. The highest BCUT2D eigenvalue weighted by atomic mass is 19.1. The number of esters is 1. The molecule has 5 heteroatoms. The number of likely N-dealkylation sites (N-methyl/N-ethyl adjacent to an activating group) is 1. The topological polar surface area (TPSA) is 49.8 Å². The number of nitrogens with zero attached hydrogens (tertiary/aromatic N) is 1. The van der Waals surface area contributed by atoms with Crippen LogP contribution in [0, 0.1) is 17.7 Å². The molecule has 1 aliphatic rings. The Morgan fingerprint density at radius 3 is 2.52 bits per heavy atom. The van der Waals surface area contributed by atoms with Gasteiger partial charge in [-0.2, -0.15) is 0 Å². The highest BCUT2D eigenvalue weighted by molar-refractivity contribution is 5.76. The number of rotatable bonds is 6. The lowest BCUT2D eigenvalue weighted by atomic mass is 9.89. The Morgan fingerprint density at radius 1 is 1.33 bits per heavy atom. The Hall–Kier alpha value is -1.46. The Bertz CT molecular complexity index is 641. The number of hydrogen-bond donors (Lipinski definition) is 1. The molecule has 2 rings (SSSR count). The summed E-state index contributed by atoms with van der Waals surface area (Å²) in [5.74, 6) is -0.217. The summed E-state index contributed by atoms with van der Waals surface area (Å²) in [4.78, 5) is 14.9. The van der Waals surface area contributed by atoms with Gasteiger partial charge in [-0.1, -0.05) is 26.0 Å². The van der Waals surface area contributed by atoms with Crippen LogP contribution < -0.4 is 0 Å². The first-order valence-electron chi connectivity index (χ1n) is 9.84. The van der Waals surface area contributed by atoms with Crippen LogP contribution in [0.2, 0.25) is 0 Å². The van der Waals surface area contributed by atoms with Crippen LogP contribution in [0.25, 0.3) is 0 Å². The van der Waals surface area contributed by atoms with E-state index in [0.29, 0.717) is 0 Å². The minimum absolute atomic E-state index is 0.0598. The number of aliphatic hydroxyl groups excluding tert-OH is 1. The molecule has 4 atom stereocenters. The van der Waals surface area contributed by atoms with Gasteiger partial charge in [-0.25, -0.2) is 4.39 Å². The second-order valence-electron chi connectivity index (χ2n) is 9.12. The fourth-order valence-electron chi connectivity index (χ4n) is 4.27. The molecule has 4 nitrogen and oxygen atoms in total. The van der Waals surface area contributed by atoms with Crippen molar-refractivity contribution >= 4 is 5.97 Å². The van der Waals surface area contributed by atoms with E-state index < -0.39 is 5.60 Å². The van der Waals surface area contributed by atoms with E-state index in [1.807, 2.05) is 47.7 Å². The van der Waals surface area contributed by atoms with Crippen molar-refractivity contribution in [2.75, 3.05) is 13.7 Å². The summed E-state index contributed by atoms with van der Waals surface area (Å²) < 4.78 is 19.3. The van der Waals surface area contributed by atoms with Crippen molar-refractivity contribution in [1.82, 2.24) is 4.90 Å². The molecule has 0 spiro atoms. The van der Waals surface area contributed by atoms with E-state index >= 15 is 0 Å². The Balaban J connectivity index is 2.19. The minimum Gasteiger partial charge on any atom is -0.459 e. The molecule has 1 saturated carbocycles. The predicted octanol–water partition coefficient (Wildman–Crippen LogP) is 3.98. The van der Waals surface area contributed by atoms with Gasteiger partial charge in [-0.15, -0.1) is 0 Å². The first-order chi connectivity index (χ1) is 12.5. The van der Waals surface area contributed by atoms with Crippen molar-refractivity contribution in [1.29, 1.82) is 0 Å². The highest BCUT2D eigenvalue weighted by Gasteiger charge is 2.41. The van der Waals surface area contributed by atoms with Crippen molar-refractivity contribution < 1.29 is 19.0 Å². The van der Waals surface area contributed by atoms with Crippen molar-refractivity contribution in [2.24, 2.45) is 11.8 Å². The van der Waals surface area contributed by atoms with E-state index in [1.54, 1.807) is 12.1 Å². The molecule has 1 aliphatic carbocycles. The van der Waals surface area contributed by atoms with E-state index in [1.165, 1.54) is 6.07 Å². The quantitative estimate of drug-likeness (QED) is 0.760. The van der Waals surface area contributed by atoms with Crippen LogP contribution >= 0.6 is 0 Å². The molecule has 0 saturated heterocycles. The summed E-state index contributed by atoms with van der Waals surface area (Å²) in [5, 5.41) is 9.87. The minimum atomic E-state index is -0.529. The first kappa shape index (κ1) is 21.8. The van der Waals surface area contributed by atoms with Crippen LogP contribution in [-0.4, -0.2) is 47.3 Å². The Kier molecular flexibility index (Phi) is 7.03. The van der Waals surface area contributed by atoms with Crippen LogP contribution in [0.5, 0.6) is 0 Å². The number of aliphatic hydroxyl groups is 1. The standard InChI is InChI=1S/C22H34FNO3/c1-14(2)20(21(26)27-22(3,4)5)24(6)18-11-16(13-25)19(12-18)15-8-7-9-17(23)10-15/h7-10,14,16,18-20,25H,11-13H2,1-6H3/t16-,18?,19-,20-/m1/s1. The van der Waals surface area contributed by atoms with Gasteiger partial charge >= 0.3 is 5.97 Å². The van der Waals surface area contributed by atoms with Gasteiger partial charge in [0.15, 0.2) is 0 Å². The van der Waals surface area contributed by atoms with E-state index in [2.05, 4.69) is 4.90 Å². The zero-order valence-electron chi connectivity index (χ0n) is 17.4. The Morgan fingerprint density at radius 2 is 2.00 bits per heavy atom. The highest BCUT2D eigenvalue weighted by Crippen LogP contribution is 2.42. The number of carbonyl (C=O) groups excluding carboxylic acids is 1. The van der Waals surface area contributed by atoms with E-state index in [9.17, 15) is 14.3 Å². The second kappa shape index (κ2) is 8.70. The van der Waals surface area contributed by atoms with Crippen LogP contribution in [-0.2, 0) is 9.53 Å². The average molecular weight is 380 g/mol. The first-order valence-corrected chi connectivity index (χ1v) is 9.84. The molecule has 0 radical (unpaired) electrons. The Labute approximate surface area is 162 Å². The lowest BCUT2D eigenvalue weighted by Crippen LogP contribution is -2.49. The smallest absolute Gasteiger partial charge is 0.324 e. The van der Waals surface area contributed by atoms with Gasteiger partial charge in [0.05, 0.1) is 0 Å². The molecular formula is C22H34FNO3. The monoisotopic (exact) mass is 379 g/mol. The fraction of sp³-hybridized carbons (Fsp3) is 0.682. The summed E-state index contributed by atoms with van der Waals surface area (Å²) in [5.41, 5.74) is 0.390. The largest absolute Gasteiger partial charge is 0.459 e. The summed E-state index contributed by atoms with van der Waals surface area (Å²) in [6, 6.07) is 6.42. The number of benzene rings is 1. The maximum atomic E-state index is 13.7. The predicted molar refractivity (Wildman–Crippen MR) is 105 cm³/mol. The molecule has 1 unspecified atom stereocenters. The van der Waals surface area contributed by atoms with Gasteiger partial charge in [0, 0.05) is 12.6 Å². The third-order valence-electron chi connectivity index (χ3n) is 5.48. The summed E-state index contributed by atoms with van der Waals surface area (Å²) in [6.45, 7) is 9.73. The number of ether oxygens (including phenoxy) is 1. The molecule has 1 N–H and O–H groups in total. The van der Waals surface area contributed by atoms with Gasteiger partial charge in [-0.3, -0.25) is 9.69 Å². The third kappa shape index (κ3) is 5.52. The van der Waals surface area contributed by atoms with Crippen LogP contribution in [0.4, 0.5) is 4.39 Å². The van der Waals surface area contributed by atoms with Crippen LogP contribution in [0.3, 0.4) is 0 Å². The molecular weight excluding hydrogens is 345 g/mol. The normalized spacial score (nSPS) is 24.4. The zero-order chi connectivity index (χ0) is 20.4. The molecule has 0 amide bonds. The lowest BCUT2D eigenvalue weighted by molar-refractivity contribution is -0.163. The van der Waals surface area contributed by atoms with Crippen molar-refractivity contribution in [2.45, 2.75) is 71.1 Å². The third-order valence-corrected chi connectivity index (χ3v) is 5.48. The summed E-state index contributed by atoms with van der Waals surface area (Å²) >= 11 is 0. The van der Waals surface area contributed by atoms with Crippen LogP contribution in [0.15, 0.2) is 24.3 Å². The summed E-state index contributed by atoms with van der Waals surface area (Å²) in [7, 11) is 1.96. The molecule has 1 fully saturated rings. The second-order valence-corrected chi connectivity index (χ2v) is 9.12. The molecule has 27 heavy (non-hydrogen) atoms. The van der Waals surface area contributed by atoms with Gasteiger partial charge < -0.3 is 9.84 Å². The van der Waals surface area contributed by atoms with Crippen molar-refractivity contribution in [3.05, 3.63) is 35.6 Å². The van der Waals surface area contributed by atoms with E-state index in [0.717, 1.165) is 18.4 Å². The maximum Gasteiger partial charge on any atom is 0.324 e. The maximum absolute atomic E-state index is 13.7. The summed E-state index contributed by atoms with van der Waals surface area (Å²) in [6.07, 6.45) is 1.57. The van der Waals surface area contributed by atoms with Gasteiger partial charge in [-0.05, 0) is 76.1 Å². The van der Waals surface area contributed by atoms with Gasteiger partial charge in [0.1, 0.15) is 17.5 Å². The SMILES string of the molecule is CC(C)[C@H](C(=O)OC(C)(C)C)N(C)C1C[C@H](CO)[C@@H](c2cccc(F)c2)C1. The number of hydrogen-bond acceptors (Lipinski definition) is 4.